The van der Waals surface area contributed by atoms with E-state index in [0.29, 0.717) is 18.3 Å². The van der Waals surface area contributed by atoms with E-state index in [1.807, 2.05) is 11.5 Å². The van der Waals surface area contributed by atoms with E-state index in [1.54, 1.807) is 0 Å². The van der Waals surface area contributed by atoms with Gasteiger partial charge >= 0.3 is 0 Å². The van der Waals surface area contributed by atoms with Crippen LogP contribution in [-0.2, 0) is 13.0 Å². The zero-order valence-corrected chi connectivity index (χ0v) is 12.7. The average molecular weight is 293 g/mol. The van der Waals surface area contributed by atoms with Crippen LogP contribution >= 0.6 is 0 Å². The first-order valence-electron chi connectivity index (χ1n) is 7.24. The van der Waals surface area contributed by atoms with E-state index in [9.17, 15) is 8.78 Å². The maximum absolute atomic E-state index is 14.0. The van der Waals surface area contributed by atoms with Gasteiger partial charge in [0.25, 0.3) is 0 Å². The van der Waals surface area contributed by atoms with Crippen LogP contribution in [0.4, 0.5) is 14.6 Å². The summed E-state index contributed by atoms with van der Waals surface area (Å²) in [6.07, 6.45) is 1.63. The van der Waals surface area contributed by atoms with Crippen LogP contribution in [0.1, 0.15) is 33.0 Å². The average Bonchev–Trinajstić information content (AvgIpc) is 2.68. The molecule has 2 N–H and O–H groups in total. The molecule has 0 unspecified atom stereocenters. The van der Waals surface area contributed by atoms with Crippen molar-refractivity contribution in [3.63, 3.8) is 0 Å². The van der Waals surface area contributed by atoms with E-state index >= 15 is 0 Å². The predicted molar refractivity (Wildman–Crippen MR) is 80.8 cm³/mol. The minimum Gasteiger partial charge on any atom is -0.383 e. The molecule has 0 aliphatic carbocycles. The molecule has 0 amide bonds. The van der Waals surface area contributed by atoms with Gasteiger partial charge in [-0.2, -0.15) is 0 Å². The van der Waals surface area contributed by atoms with Crippen LogP contribution in [0.25, 0.3) is 11.3 Å². The lowest BCUT2D eigenvalue weighted by Gasteiger charge is -2.12. The van der Waals surface area contributed by atoms with E-state index in [1.165, 1.54) is 18.2 Å². The summed E-state index contributed by atoms with van der Waals surface area (Å²) < 4.78 is 29.8. The first kappa shape index (κ1) is 15.5. The molecule has 2 rings (SSSR count). The van der Waals surface area contributed by atoms with Crippen LogP contribution in [0, 0.1) is 17.6 Å². The zero-order chi connectivity index (χ0) is 15.6. The number of imidazole rings is 1. The van der Waals surface area contributed by atoms with E-state index in [-0.39, 0.29) is 11.3 Å². The summed E-state index contributed by atoms with van der Waals surface area (Å²) in [6, 6.07) is 3.78. The van der Waals surface area contributed by atoms with E-state index in [0.717, 1.165) is 18.7 Å². The van der Waals surface area contributed by atoms with Gasteiger partial charge in [-0.1, -0.05) is 26.8 Å². The predicted octanol–water partition coefficient (Wildman–Crippen LogP) is 4.02. The van der Waals surface area contributed by atoms with Gasteiger partial charge in [0.15, 0.2) is 0 Å². The molecule has 0 bridgehead atoms. The van der Waals surface area contributed by atoms with Crippen LogP contribution in [0.15, 0.2) is 18.2 Å². The van der Waals surface area contributed by atoms with Crippen molar-refractivity contribution in [2.75, 3.05) is 5.73 Å². The number of hydrogen-bond donors (Lipinski definition) is 1. The van der Waals surface area contributed by atoms with Gasteiger partial charge in [0, 0.05) is 13.0 Å². The highest BCUT2D eigenvalue weighted by Gasteiger charge is 2.21. The molecular formula is C16H21F2N3. The van der Waals surface area contributed by atoms with Crippen LogP contribution in [0.5, 0.6) is 0 Å². The van der Waals surface area contributed by atoms with Gasteiger partial charge in [0.1, 0.15) is 29.0 Å². The first-order chi connectivity index (χ1) is 9.95. The van der Waals surface area contributed by atoms with Crippen molar-refractivity contribution >= 4 is 5.82 Å². The highest BCUT2D eigenvalue weighted by atomic mass is 19.1. The van der Waals surface area contributed by atoms with Crippen molar-refractivity contribution in [1.29, 1.82) is 0 Å². The molecule has 0 aliphatic heterocycles. The monoisotopic (exact) mass is 293 g/mol. The third-order valence-corrected chi connectivity index (χ3v) is 3.31. The molecule has 1 aromatic heterocycles. The summed E-state index contributed by atoms with van der Waals surface area (Å²) in [4.78, 5) is 4.40. The Balaban J connectivity index is 2.59. The van der Waals surface area contributed by atoms with E-state index in [4.69, 9.17) is 5.73 Å². The molecule has 0 aliphatic rings. The molecule has 0 saturated carbocycles. The summed E-state index contributed by atoms with van der Waals surface area (Å²) in [7, 11) is 0. The molecule has 0 spiro atoms. The molecule has 0 atom stereocenters. The SMILES string of the molecule is CCCc1nc(-c2c(F)cccc2F)c(N)n1CC(C)C. The summed E-state index contributed by atoms with van der Waals surface area (Å²) in [6.45, 7) is 6.86. The highest BCUT2D eigenvalue weighted by molar-refractivity contribution is 5.72. The minimum atomic E-state index is -0.640. The summed E-state index contributed by atoms with van der Waals surface area (Å²) in [5, 5.41) is 0. The number of rotatable bonds is 5. The topological polar surface area (TPSA) is 43.8 Å². The first-order valence-corrected chi connectivity index (χ1v) is 7.24. The second-order valence-corrected chi connectivity index (χ2v) is 5.61. The fourth-order valence-corrected chi connectivity index (χ4v) is 2.40. The molecule has 5 heteroatoms. The van der Waals surface area contributed by atoms with Gasteiger partial charge in [0.2, 0.25) is 0 Å². The van der Waals surface area contributed by atoms with Crippen molar-refractivity contribution in [1.82, 2.24) is 9.55 Å². The second kappa shape index (κ2) is 6.24. The highest BCUT2D eigenvalue weighted by Crippen LogP contribution is 2.31. The number of nitrogens with zero attached hydrogens (tertiary/aromatic N) is 2. The van der Waals surface area contributed by atoms with Crippen molar-refractivity contribution in [3.8, 4) is 11.3 Å². The Morgan fingerprint density at radius 2 is 1.86 bits per heavy atom. The molecule has 0 fully saturated rings. The van der Waals surface area contributed by atoms with Gasteiger partial charge in [-0.3, -0.25) is 0 Å². The standard InChI is InChI=1S/C16H21F2N3/c1-4-6-13-20-15(16(19)21(13)9-10(2)3)14-11(17)7-5-8-12(14)18/h5,7-8,10H,4,6,9,19H2,1-3H3. The number of aromatic nitrogens is 2. The lowest BCUT2D eigenvalue weighted by Crippen LogP contribution is -2.11. The summed E-state index contributed by atoms with van der Waals surface area (Å²) in [5.74, 6) is 0.200. The fraction of sp³-hybridized carbons (Fsp3) is 0.438. The Morgan fingerprint density at radius 3 is 2.38 bits per heavy atom. The van der Waals surface area contributed by atoms with Gasteiger partial charge in [-0.05, 0) is 24.5 Å². The normalized spacial score (nSPS) is 11.3. The van der Waals surface area contributed by atoms with Gasteiger partial charge < -0.3 is 10.3 Å². The molecular weight excluding hydrogens is 272 g/mol. The number of nitrogen functional groups attached to an aromatic ring is 1. The van der Waals surface area contributed by atoms with Crippen LogP contribution in [-0.4, -0.2) is 9.55 Å². The van der Waals surface area contributed by atoms with Crippen LogP contribution in [0.2, 0.25) is 0 Å². The fourth-order valence-electron chi connectivity index (χ4n) is 2.40. The third-order valence-electron chi connectivity index (χ3n) is 3.31. The number of hydrogen-bond acceptors (Lipinski definition) is 2. The molecule has 3 nitrogen and oxygen atoms in total. The molecule has 114 valence electrons. The van der Waals surface area contributed by atoms with Gasteiger partial charge in [-0.15, -0.1) is 0 Å². The molecule has 0 saturated heterocycles. The quantitative estimate of drug-likeness (QED) is 0.905. The Bertz CT molecular complexity index is 612. The second-order valence-electron chi connectivity index (χ2n) is 5.61. The van der Waals surface area contributed by atoms with Crippen molar-refractivity contribution in [2.24, 2.45) is 5.92 Å². The van der Waals surface area contributed by atoms with Crippen LogP contribution < -0.4 is 5.73 Å². The zero-order valence-electron chi connectivity index (χ0n) is 12.7. The largest absolute Gasteiger partial charge is 0.383 e. The lowest BCUT2D eigenvalue weighted by molar-refractivity contribution is 0.510. The minimum absolute atomic E-state index is 0.144. The van der Waals surface area contributed by atoms with Gasteiger partial charge in [-0.25, -0.2) is 13.8 Å². The smallest absolute Gasteiger partial charge is 0.135 e. The maximum Gasteiger partial charge on any atom is 0.135 e. The molecule has 2 aromatic rings. The van der Waals surface area contributed by atoms with E-state index < -0.39 is 11.6 Å². The molecule has 1 aromatic carbocycles. The van der Waals surface area contributed by atoms with Crippen molar-refractivity contribution in [2.45, 2.75) is 40.2 Å². The Morgan fingerprint density at radius 1 is 1.24 bits per heavy atom. The van der Waals surface area contributed by atoms with Crippen LogP contribution in [0.3, 0.4) is 0 Å². The maximum atomic E-state index is 14.0. The van der Waals surface area contributed by atoms with E-state index in [2.05, 4.69) is 18.8 Å². The third kappa shape index (κ3) is 3.06. The van der Waals surface area contributed by atoms with Gasteiger partial charge in [0.05, 0.1) is 5.56 Å². The number of anilines is 1. The lowest BCUT2D eigenvalue weighted by atomic mass is 10.1. The Hall–Kier alpha value is -1.91. The molecule has 1 heterocycles. The van der Waals surface area contributed by atoms with Crippen molar-refractivity contribution in [3.05, 3.63) is 35.7 Å². The molecule has 21 heavy (non-hydrogen) atoms. The Kier molecular flexibility index (Phi) is 4.60. The number of benzene rings is 1. The Labute approximate surface area is 123 Å². The number of halogens is 2. The molecule has 0 radical (unpaired) electrons. The summed E-state index contributed by atoms with van der Waals surface area (Å²) in [5.41, 5.74) is 6.18. The summed E-state index contributed by atoms with van der Waals surface area (Å²) >= 11 is 0. The number of aryl methyl sites for hydroxylation is 1. The number of nitrogens with two attached hydrogens (primary N) is 1. The van der Waals surface area contributed by atoms with Crippen molar-refractivity contribution < 1.29 is 8.78 Å².